The van der Waals surface area contributed by atoms with Crippen molar-refractivity contribution in [3.63, 3.8) is 0 Å². The Morgan fingerprint density at radius 2 is 1.94 bits per heavy atom. The van der Waals surface area contributed by atoms with Gasteiger partial charge in [-0.25, -0.2) is 23.1 Å². The SMILES string of the molecule is CN1CCC2(C1)CC2(F)F.COc1nc2c3c(nc(-c4c(C(F)(F)F)c(C)cc5[nH]ncc45)c(F)c3n1)OC[C@H](C)N2C(C)c1cccnc1N. The Labute approximate surface area is 288 Å². The maximum Gasteiger partial charge on any atom is 0.417 e. The summed E-state index contributed by atoms with van der Waals surface area (Å²) < 4.78 is 96.4. The molecule has 2 aliphatic heterocycles. The minimum absolute atomic E-state index is 0.0476. The van der Waals surface area contributed by atoms with E-state index in [2.05, 4.69) is 30.1 Å². The molecule has 3 N–H and O–H groups in total. The van der Waals surface area contributed by atoms with Crippen LogP contribution in [0.2, 0.25) is 0 Å². The van der Waals surface area contributed by atoms with E-state index >= 15 is 4.39 Å². The van der Waals surface area contributed by atoms with Crippen molar-refractivity contribution in [2.45, 2.75) is 57.8 Å². The molecule has 1 saturated carbocycles. The summed E-state index contributed by atoms with van der Waals surface area (Å²) in [4.78, 5) is 21.1. The number of halogens is 6. The smallest absolute Gasteiger partial charge is 0.417 e. The monoisotopic (exact) mass is 715 g/mol. The number of nitrogens with zero attached hydrogens (tertiary/aromatic N) is 7. The van der Waals surface area contributed by atoms with Gasteiger partial charge in [-0.3, -0.25) is 5.10 Å². The second-order valence-electron chi connectivity index (χ2n) is 13.5. The molecule has 3 aliphatic rings. The Balaban J connectivity index is 0.000000347. The van der Waals surface area contributed by atoms with Crippen LogP contribution in [0.25, 0.3) is 33.1 Å². The lowest BCUT2D eigenvalue weighted by molar-refractivity contribution is -0.137. The van der Waals surface area contributed by atoms with E-state index in [1.807, 2.05) is 36.8 Å². The average molecular weight is 716 g/mol. The number of aromatic amines is 1. The van der Waals surface area contributed by atoms with Gasteiger partial charge in [-0.05, 0) is 58.5 Å². The number of rotatable bonds is 4. The second kappa shape index (κ2) is 12.1. The van der Waals surface area contributed by atoms with Gasteiger partial charge in [0.2, 0.25) is 5.88 Å². The zero-order valence-electron chi connectivity index (χ0n) is 28.4. The third kappa shape index (κ3) is 5.70. The minimum atomic E-state index is -4.82. The number of hydrogen-bond donors (Lipinski definition) is 2. The van der Waals surface area contributed by atoms with Gasteiger partial charge in [-0.1, -0.05) is 6.07 Å². The van der Waals surface area contributed by atoms with Crippen molar-refractivity contribution in [2.24, 2.45) is 5.41 Å². The Morgan fingerprint density at radius 3 is 2.55 bits per heavy atom. The number of aryl methyl sites for hydroxylation is 1. The third-order valence-electron chi connectivity index (χ3n) is 10.0. The lowest BCUT2D eigenvalue weighted by atomic mass is 9.94. The maximum atomic E-state index is 16.6. The number of pyridine rings is 2. The van der Waals surface area contributed by atoms with Gasteiger partial charge >= 0.3 is 12.2 Å². The van der Waals surface area contributed by atoms with Crippen LogP contribution in [-0.2, 0) is 6.18 Å². The molecular weight excluding hydrogens is 680 g/mol. The lowest BCUT2D eigenvalue weighted by Gasteiger charge is -2.34. The molecule has 2 fully saturated rings. The van der Waals surface area contributed by atoms with Crippen molar-refractivity contribution < 1.29 is 35.8 Å². The molecule has 0 radical (unpaired) electrons. The van der Waals surface area contributed by atoms with E-state index in [0.29, 0.717) is 29.9 Å². The van der Waals surface area contributed by atoms with Crippen LogP contribution in [0.5, 0.6) is 11.9 Å². The predicted octanol–water partition coefficient (Wildman–Crippen LogP) is 6.72. The first-order valence-electron chi connectivity index (χ1n) is 16.2. The summed E-state index contributed by atoms with van der Waals surface area (Å²) >= 11 is 0. The Hall–Kier alpha value is -4.93. The molecule has 17 heteroatoms. The van der Waals surface area contributed by atoms with Gasteiger partial charge in [0.05, 0.1) is 41.9 Å². The number of nitrogens with one attached hydrogen (secondary N) is 1. The van der Waals surface area contributed by atoms with Crippen LogP contribution in [0, 0.1) is 18.2 Å². The molecule has 3 atom stereocenters. The van der Waals surface area contributed by atoms with Crippen molar-refractivity contribution in [3.8, 4) is 23.1 Å². The molecule has 51 heavy (non-hydrogen) atoms. The summed E-state index contributed by atoms with van der Waals surface area (Å²) in [5, 5.41) is 6.69. The number of benzene rings is 1. The number of likely N-dealkylation sites (tertiary alicyclic amines) is 1. The van der Waals surface area contributed by atoms with Crippen LogP contribution in [0.15, 0.2) is 30.6 Å². The largest absolute Gasteiger partial charge is 0.475 e. The van der Waals surface area contributed by atoms with Crippen LogP contribution in [0.1, 0.15) is 49.4 Å². The molecule has 8 rings (SSSR count). The van der Waals surface area contributed by atoms with Crippen molar-refractivity contribution in [1.82, 2.24) is 35.0 Å². The van der Waals surface area contributed by atoms with Gasteiger partial charge in [0, 0.05) is 35.7 Å². The molecule has 1 aliphatic carbocycles. The van der Waals surface area contributed by atoms with Gasteiger partial charge < -0.3 is 25.0 Å². The Kier molecular flexibility index (Phi) is 8.19. The van der Waals surface area contributed by atoms with Crippen molar-refractivity contribution in [3.05, 3.63) is 53.1 Å². The summed E-state index contributed by atoms with van der Waals surface area (Å²) in [6, 6.07) is 3.91. The number of H-pyrrole nitrogens is 1. The van der Waals surface area contributed by atoms with E-state index in [1.165, 1.54) is 26.3 Å². The number of methoxy groups -OCH3 is 1. The zero-order chi connectivity index (χ0) is 36.6. The number of nitrogens with two attached hydrogens (primary N) is 1. The summed E-state index contributed by atoms with van der Waals surface area (Å²) in [6.45, 7) is 6.54. The molecule has 1 aromatic carbocycles. The fraction of sp³-hybridized carbons (Fsp3) is 0.441. The Morgan fingerprint density at radius 1 is 1.20 bits per heavy atom. The molecule has 2 unspecified atom stereocenters. The van der Waals surface area contributed by atoms with E-state index in [4.69, 9.17) is 15.2 Å². The van der Waals surface area contributed by atoms with Gasteiger partial charge in [-0.2, -0.15) is 28.2 Å². The third-order valence-corrected chi connectivity index (χ3v) is 10.0. The molecular formula is C34H35F6N9O2. The zero-order valence-corrected chi connectivity index (χ0v) is 28.4. The minimum Gasteiger partial charge on any atom is -0.475 e. The molecule has 11 nitrogen and oxygen atoms in total. The first kappa shape index (κ1) is 34.5. The first-order chi connectivity index (χ1) is 24.1. The number of anilines is 2. The highest BCUT2D eigenvalue weighted by atomic mass is 19.4. The number of aromatic nitrogens is 6. The summed E-state index contributed by atoms with van der Waals surface area (Å²) in [5.41, 5.74) is 4.05. The molecule has 1 spiro atoms. The van der Waals surface area contributed by atoms with Gasteiger partial charge in [-0.15, -0.1) is 0 Å². The first-order valence-corrected chi connectivity index (χ1v) is 16.2. The number of nitrogen functional groups attached to an aromatic ring is 1. The fourth-order valence-corrected chi connectivity index (χ4v) is 7.38. The van der Waals surface area contributed by atoms with Crippen LogP contribution in [-0.4, -0.2) is 80.9 Å². The van der Waals surface area contributed by atoms with E-state index in [1.54, 1.807) is 12.3 Å². The van der Waals surface area contributed by atoms with E-state index < -0.39 is 46.2 Å². The molecule has 5 aromatic rings. The number of alkyl halides is 5. The van der Waals surface area contributed by atoms with E-state index in [-0.39, 0.29) is 58.6 Å². The maximum absolute atomic E-state index is 16.6. The van der Waals surface area contributed by atoms with Crippen LogP contribution < -0.4 is 20.1 Å². The van der Waals surface area contributed by atoms with Crippen LogP contribution in [0.4, 0.5) is 38.0 Å². The normalized spacial score (nSPS) is 21.7. The summed E-state index contributed by atoms with van der Waals surface area (Å²) in [6.07, 6.45) is -1.22. The highest BCUT2D eigenvalue weighted by Crippen LogP contribution is 2.64. The summed E-state index contributed by atoms with van der Waals surface area (Å²) in [5.74, 6) is -3.00. The van der Waals surface area contributed by atoms with E-state index in [9.17, 15) is 22.0 Å². The van der Waals surface area contributed by atoms with Gasteiger partial charge in [0.25, 0.3) is 5.92 Å². The number of ether oxygens (including phenoxy) is 2. The molecule has 4 aromatic heterocycles. The van der Waals surface area contributed by atoms with Crippen molar-refractivity contribution in [2.75, 3.05) is 44.5 Å². The lowest BCUT2D eigenvalue weighted by Crippen LogP contribution is -2.39. The van der Waals surface area contributed by atoms with Crippen LogP contribution >= 0.6 is 0 Å². The molecule has 0 amide bonds. The molecule has 1 saturated heterocycles. The van der Waals surface area contributed by atoms with Crippen LogP contribution in [0.3, 0.4) is 0 Å². The standard InChI is InChI=1S/C27H24F4N8O2.C7H11F2N/c1-11-8-16-15(9-34-38-16)17(19(11)27(29,30)31)21-20(28)22-18-24(37-26(36-22)40-4)39(12(2)10-41-25(18)35-21)13(3)14-6-5-7-33-23(14)32;1-10-3-2-6(5-10)4-7(6,8)9/h5-9,12-13H,10H2,1-4H3,(H2,32,33)(H,34,38);2-5H2,1H3/t12-,13?;/m0./s1. The predicted molar refractivity (Wildman–Crippen MR) is 177 cm³/mol. The van der Waals surface area contributed by atoms with E-state index in [0.717, 1.165) is 6.54 Å². The number of fused-ring (bicyclic) bond motifs is 1. The van der Waals surface area contributed by atoms with Gasteiger partial charge in [0.15, 0.2) is 5.82 Å². The van der Waals surface area contributed by atoms with Gasteiger partial charge in [0.1, 0.15) is 34.8 Å². The molecule has 270 valence electrons. The summed E-state index contributed by atoms with van der Waals surface area (Å²) in [7, 11) is 3.22. The highest BCUT2D eigenvalue weighted by molar-refractivity contribution is 6.02. The molecule has 0 bridgehead atoms. The quantitative estimate of drug-likeness (QED) is 0.194. The molecule has 6 heterocycles. The van der Waals surface area contributed by atoms with Crippen molar-refractivity contribution in [1.29, 1.82) is 0 Å². The van der Waals surface area contributed by atoms with Crippen molar-refractivity contribution >= 4 is 33.4 Å². The second-order valence-corrected chi connectivity index (χ2v) is 13.5. The number of hydrogen-bond acceptors (Lipinski definition) is 10. The average Bonchev–Trinajstić information content (AvgIpc) is 3.35. The fourth-order valence-electron chi connectivity index (χ4n) is 7.38. The Bertz CT molecular complexity index is 2160. The topological polar surface area (TPSA) is 131 Å². The highest BCUT2D eigenvalue weighted by Gasteiger charge is 2.72.